The quantitative estimate of drug-likeness (QED) is 0.475. The van der Waals surface area contributed by atoms with Gasteiger partial charge >= 0.3 is 5.97 Å². The fourth-order valence-corrected chi connectivity index (χ4v) is 1.11. The second-order valence-corrected chi connectivity index (χ2v) is 3.40. The number of carbonyl (C=O) groups is 1. The molecule has 14 heavy (non-hydrogen) atoms. The molecule has 0 atom stereocenters. The van der Waals surface area contributed by atoms with Crippen LogP contribution in [0.1, 0.15) is 26.7 Å². The van der Waals surface area contributed by atoms with E-state index in [1.807, 2.05) is 18.7 Å². The summed E-state index contributed by atoms with van der Waals surface area (Å²) in [5.41, 5.74) is 0. The Labute approximate surface area is 85.5 Å². The molecular formula is C10H18N2O2. The van der Waals surface area contributed by atoms with Crippen LogP contribution in [0, 0.1) is 11.3 Å². The molecule has 0 aliphatic rings. The van der Waals surface area contributed by atoms with Crippen molar-refractivity contribution in [2.24, 2.45) is 0 Å². The maximum Gasteiger partial charge on any atom is 0.319 e. The number of nitriles is 1. The van der Waals surface area contributed by atoms with E-state index in [-0.39, 0.29) is 5.97 Å². The summed E-state index contributed by atoms with van der Waals surface area (Å²) in [6, 6.07) is 2.39. The minimum Gasteiger partial charge on any atom is -0.468 e. The average molecular weight is 198 g/mol. The maximum atomic E-state index is 11.0. The zero-order valence-electron chi connectivity index (χ0n) is 9.12. The fourth-order valence-electron chi connectivity index (χ4n) is 1.11. The highest BCUT2D eigenvalue weighted by molar-refractivity contribution is 5.71. The molecule has 0 aliphatic carbocycles. The summed E-state index contributed by atoms with van der Waals surface area (Å²) in [6.07, 6.45) is 1.33. The van der Waals surface area contributed by atoms with E-state index in [0.29, 0.717) is 19.0 Å². The van der Waals surface area contributed by atoms with Gasteiger partial charge in [-0.05, 0) is 26.8 Å². The number of esters is 1. The molecule has 0 saturated carbocycles. The minimum absolute atomic E-state index is 0.226. The smallest absolute Gasteiger partial charge is 0.319 e. The number of ether oxygens (including phenoxy) is 1. The van der Waals surface area contributed by atoms with Crippen LogP contribution in [0.5, 0.6) is 0 Å². The molecule has 0 bridgehead atoms. The van der Waals surface area contributed by atoms with Gasteiger partial charge in [0, 0.05) is 12.5 Å². The first-order valence-electron chi connectivity index (χ1n) is 4.79. The van der Waals surface area contributed by atoms with Gasteiger partial charge in [-0.1, -0.05) is 0 Å². The first kappa shape index (κ1) is 12.9. The normalized spacial score (nSPS) is 10.3. The molecule has 0 aromatic carbocycles. The molecule has 0 unspecified atom stereocenters. The number of nitrogens with zero attached hydrogens (tertiary/aromatic N) is 2. The van der Waals surface area contributed by atoms with E-state index in [0.717, 1.165) is 13.0 Å². The highest BCUT2D eigenvalue weighted by Gasteiger charge is 2.13. The molecule has 4 heteroatoms. The highest BCUT2D eigenvalue weighted by atomic mass is 16.5. The van der Waals surface area contributed by atoms with Gasteiger partial charge in [0.15, 0.2) is 0 Å². The van der Waals surface area contributed by atoms with Crippen molar-refractivity contribution in [1.82, 2.24) is 4.90 Å². The van der Waals surface area contributed by atoms with E-state index in [9.17, 15) is 4.79 Å². The van der Waals surface area contributed by atoms with Crippen molar-refractivity contribution in [3.8, 4) is 6.07 Å². The zero-order chi connectivity index (χ0) is 11.0. The van der Waals surface area contributed by atoms with Crippen molar-refractivity contribution >= 4 is 5.97 Å². The Morgan fingerprint density at radius 1 is 1.57 bits per heavy atom. The summed E-state index contributed by atoms with van der Waals surface area (Å²) in [5, 5.41) is 8.39. The number of rotatable bonds is 6. The van der Waals surface area contributed by atoms with E-state index in [2.05, 4.69) is 10.8 Å². The second-order valence-electron chi connectivity index (χ2n) is 3.40. The van der Waals surface area contributed by atoms with Crippen molar-refractivity contribution in [2.75, 3.05) is 20.2 Å². The third-order valence-electron chi connectivity index (χ3n) is 2.02. The van der Waals surface area contributed by atoms with E-state index in [4.69, 9.17) is 5.26 Å². The Bertz CT molecular complexity index is 209. The van der Waals surface area contributed by atoms with Crippen LogP contribution in [0.3, 0.4) is 0 Å². The predicted molar refractivity (Wildman–Crippen MR) is 53.6 cm³/mol. The van der Waals surface area contributed by atoms with Crippen LogP contribution in [-0.2, 0) is 9.53 Å². The lowest BCUT2D eigenvalue weighted by atomic mass is 10.2. The summed E-state index contributed by atoms with van der Waals surface area (Å²) in [7, 11) is 1.39. The van der Waals surface area contributed by atoms with Gasteiger partial charge in [-0.3, -0.25) is 9.69 Å². The fraction of sp³-hybridized carbons (Fsp3) is 0.800. The molecule has 0 spiro atoms. The minimum atomic E-state index is -0.226. The standard InChI is InChI=1S/C10H18N2O2/c1-9(2)12(7-5-4-6-11)8-10(13)14-3/h9H,4-5,7-8H2,1-3H3. The largest absolute Gasteiger partial charge is 0.468 e. The summed E-state index contributed by atoms with van der Waals surface area (Å²) in [4.78, 5) is 13.0. The molecule has 0 N–H and O–H groups in total. The highest BCUT2D eigenvalue weighted by Crippen LogP contribution is 2.01. The van der Waals surface area contributed by atoms with Crippen molar-refractivity contribution in [3.63, 3.8) is 0 Å². The van der Waals surface area contributed by atoms with Crippen LogP contribution in [0.25, 0.3) is 0 Å². The Kier molecular flexibility index (Phi) is 6.77. The number of carbonyl (C=O) groups excluding carboxylic acids is 1. The van der Waals surface area contributed by atoms with Crippen LogP contribution in [-0.4, -0.2) is 37.1 Å². The third-order valence-corrected chi connectivity index (χ3v) is 2.02. The number of hydrogen-bond donors (Lipinski definition) is 0. The van der Waals surface area contributed by atoms with Crippen LogP contribution in [0.2, 0.25) is 0 Å². The lowest BCUT2D eigenvalue weighted by Gasteiger charge is -2.24. The summed E-state index contributed by atoms with van der Waals surface area (Å²) in [5.74, 6) is -0.226. The Balaban J connectivity index is 3.91. The van der Waals surface area contributed by atoms with E-state index >= 15 is 0 Å². The molecule has 0 saturated heterocycles. The second kappa shape index (κ2) is 7.34. The van der Waals surface area contributed by atoms with Crippen LogP contribution < -0.4 is 0 Å². The van der Waals surface area contributed by atoms with Crippen LogP contribution in [0.15, 0.2) is 0 Å². The monoisotopic (exact) mass is 198 g/mol. The number of unbranched alkanes of at least 4 members (excludes halogenated alkanes) is 1. The van der Waals surface area contributed by atoms with Crippen molar-refractivity contribution < 1.29 is 9.53 Å². The molecule has 0 aromatic heterocycles. The lowest BCUT2D eigenvalue weighted by molar-refractivity contribution is -0.142. The number of methoxy groups -OCH3 is 1. The first-order valence-corrected chi connectivity index (χ1v) is 4.79. The predicted octanol–water partition coefficient (Wildman–Crippen LogP) is 1.17. The molecule has 80 valence electrons. The van der Waals surface area contributed by atoms with Crippen molar-refractivity contribution in [1.29, 1.82) is 5.26 Å². The van der Waals surface area contributed by atoms with Crippen molar-refractivity contribution in [3.05, 3.63) is 0 Å². The molecule has 0 amide bonds. The van der Waals surface area contributed by atoms with E-state index < -0.39 is 0 Å². The molecule has 0 heterocycles. The van der Waals surface area contributed by atoms with Crippen molar-refractivity contribution in [2.45, 2.75) is 32.7 Å². The number of hydrogen-bond acceptors (Lipinski definition) is 4. The first-order chi connectivity index (χ1) is 6.61. The summed E-state index contributed by atoms with van der Waals surface area (Å²) < 4.78 is 4.59. The maximum absolute atomic E-state index is 11.0. The van der Waals surface area contributed by atoms with Crippen LogP contribution >= 0.6 is 0 Å². The Hall–Kier alpha value is -1.08. The van der Waals surface area contributed by atoms with E-state index in [1.165, 1.54) is 7.11 Å². The molecule has 0 fully saturated rings. The average Bonchev–Trinajstić information content (AvgIpc) is 2.16. The topological polar surface area (TPSA) is 53.3 Å². The Morgan fingerprint density at radius 3 is 2.64 bits per heavy atom. The SMILES string of the molecule is COC(=O)CN(CCCC#N)C(C)C. The van der Waals surface area contributed by atoms with Gasteiger partial charge in [0.05, 0.1) is 19.7 Å². The van der Waals surface area contributed by atoms with Gasteiger partial charge in [-0.2, -0.15) is 5.26 Å². The van der Waals surface area contributed by atoms with Gasteiger partial charge in [0.2, 0.25) is 0 Å². The summed E-state index contributed by atoms with van der Waals surface area (Å²) in [6.45, 7) is 5.12. The van der Waals surface area contributed by atoms with E-state index in [1.54, 1.807) is 0 Å². The molecule has 0 aromatic rings. The molecule has 0 radical (unpaired) electrons. The molecule has 0 rings (SSSR count). The Morgan fingerprint density at radius 2 is 2.21 bits per heavy atom. The van der Waals surface area contributed by atoms with Gasteiger partial charge < -0.3 is 4.74 Å². The molecule has 4 nitrogen and oxygen atoms in total. The zero-order valence-corrected chi connectivity index (χ0v) is 9.12. The van der Waals surface area contributed by atoms with Gasteiger partial charge in [0.25, 0.3) is 0 Å². The van der Waals surface area contributed by atoms with Crippen LogP contribution in [0.4, 0.5) is 0 Å². The summed E-state index contributed by atoms with van der Waals surface area (Å²) >= 11 is 0. The van der Waals surface area contributed by atoms with Gasteiger partial charge in [-0.25, -0.2) is 0 Å². The van der Waals surface area contributed by atoms with Gasteiger partial charge in [0.1, 0.15) is 0 Å². The van der Waals surface area contributed by atoms with Gasteiger partial charge in [-0.15, -0.1) is 0 Å². The lowest BCUT2D eigenvalue weighted by Crippen LogP contribution is -2.36. The molecular weight excluding hydrogens is 180 g/mol. The third kappa shape index (κ3) is 5.55. The molecule has 0 aliphatic heterocycles.